The molecule has 3 heteroatoms. The molecule has 2 unspecified atom stereocenters. The number of nitrogens with zero attached hydrogens (tertiary/aromatic N) is 2. The molecule has 0 aromatic heterocycles. The Morgan fingerprint density at radius 2 is 1.58 bits per heavy atom. The number of aryl methyl sites for hydroxylation is 1. The zero-order valence-electron chi connectivity index (χ0n) is 18.6. The Morgan fingerprint density at radius 3 is 2.23 bits per heavy atom. The molecule has 0 N–H and O–H groups in total. The van der Waals surface area contributed by atoms with Crippen molar-refractivity contribution in [1.82, 2.24) is 4.90 Å². The van der Waals surface area contributed by atoms with Gasteiger partial charge in [-0.3, -0.25) is 4.79 Å². The summed E-state index contributed by atoms with van der Waals surface area (Å²) in [5.74, 6) is 0.500. The lowest BCUT2D eigenvalue weighted by Crippen LogP contribution is -2.52. The lowest BCUT2D eigenvalue weighted by molar-refractivity contribution is 0.0933. The van der Waals surface area contributed by atoms with Crippen molar-refractivity contribution >= 4 is 11.6 Å². The minimum atomic E-state index is 0.0979. The maximum absolute atomic E-state index is 13.6. The number of likely N-dealkylation sites (tertiary alicyclic amines) is 1. The van der Waals surface area contributed by atoms with Crippen molar-refractivity contribution < 1.29 is 4.79 Å². The molecule has 1 aliphatic heterocycles. The molecule has 2 atom stereocenters. The highest BCUT2D eigenvalue weighted by Gasteiger charge is 2.34. The highest BCUT2D eigenvalue weighted by Crippen LogP contribution is 2.29. The number of anilines is 1. The number of amides is 1. The van der Waals surface area contributed by atoms with Crippen molar-refractivity contribution in [2.75, 3.05) is 24.5 Å². The first kappa shape index (κ1) is 21.3. The van der Waals surface area contributed by atoms with Gasteiger partial charge in [0.2, 0.25) is 0 Å². The molecular weight excluding hydrogens is 380 g/mol. The van der Waals surface area contributed by atoms with Crippen LogP contribution in [0.25, 0.3) is 0 Å². The van der Waals surface area contributed by atoms with Crippen LogP contribution in [0.1, 0.15) is 34.8 Å². The van der Waals surface area contributed by atoms with Crippen LogP contribution < -0.4 is 4.90 Å². The molecule has 3 aromatic carbocycles. The number of piperidine rings is 1. The standard InChI is InChI=1S/C28H32N2O/c1-22-13-15-25(16-14-22)28(31)30(26-11-7-4-8-12-26)27-18-20-29(21-23(27)2)19-17-24-9-5-3-6-10-24/h3-16,23,27H,17-21H2,1-2H3. The third kappa shape index (κ3) is 5.23. The van der Waals surface area contributed by atoms with Crippen LogP contribution in [0, 0.1) is 12.8 Å². The third-order valence-corrected chi connectivity index (χ3v) is 6.39. The van der Waals surface area contributed by atoms with Gasteiger partial charge < -0.3 is 9.80 Å². The Bertz CT molecular complexity index is 969. The Kier molecular flexibility index (Phi) is 6.83. The Morgan fingerprint density at radius 1 is 0.935 bits per heavy atom. The monoisotopic (exact) mass is 412 g/mol. The normalized spacial score (nSPS) is 19.2. The fourth-order valence-electron chi connectivity index (χ4n) is 4.62. The summed E-state index contributed by atoms with van der Waals surface area (Å²) < 4.78 is 0. The lowest BCUT2D eigenvalue weighted by Gasteiger charge is -2.43. The van der Waals surface area contributed by atoms with E-state index in [-0.39, 0.29) is 11.9 Å². The minimum Gasteiger partial charge on any atom is -0.305 e. The zero-order chi connectivity index (χ0) is 21.6. The van der Waals surface area contributed by atoms with Crippen molar-refractivity contribution in [2.45, 2.75) is 32.7 Å². The molecule has 4 rings (SSSR count). The fraction of sp³-hybridized carbons (Fsp3) is 0.321. The quantitative estimate of drug-likeness (QED) is 0.526. The summed E-state index contributed by atoms with van der Waals surface area (Å²) in [6.07, 6.45) is 2.06. The van der Waals surface area contributed by atoms with Crippen LogP contribution in [-0.2, 0) is 6.42 Å². The van der Waals surface area contributed by atoms with E-state index in [1.807, 2.05) is 47.4 Å². The molecule has 1 amide bonds. The van der Waals surface area contributed by atoms with Crippen LogP contribution >= 0.6 is 0 Å². The molecule has 0 radical (unpaired) electrons. The second-order valence-electron chi connectivity index (χ2n) is 8.75. The lowest BCUT2D eigenvalue weighted by atomic mass is 9.91. The van der Waals surface area contributed by atoms with Gasteiger partial charge in [0.05, 0.1) is 0 Å². The second kappa shape index (κ2) is 9.93. The van der Waals surface area contributed by atoms with E-state index in [4.69, 9.17) is 0 Å². The fourth-order valence-corrected chi connectivity index (χ4v) is 4.62. The summed E-state index contributed by atoms with van der Waals surface area (Å²) in [6, 6.07) is 29.0. The van der Waals surface area contributed by atoms with Crippen molar-refractivity contribution in [1.29, 1.82) is 0 Å². The summed E-state index contributed by atoms with van der Waals surface area (Å²) in [7, 11) is 0. The van der Waals surface area contributed by atoms with E-state index in [2.05, 4.69) is 61.2 Å². The molecule has 1 heterocycles. The van der Waals surface area contributed by atoms with Crippen molar-refractivity contribution in [3.05, 3.63) is 102 Å². The van der Waals surface area contributed by atoms with E-state index in [9.17, 15) is 4.79 Å². The Hall–Kier alpha value is -2.91. The molecule has 0 aliphatic carbocycles. The number of hydrogen-bond donors (Lipinski definition) is 0. The summed E-state index contributed by atoms with van der Waals surface area (Å²) in [6.45, 7) is 7.45. The van der Waals surface area contributed by atoms with E-state index in [1.54, 1.807) is 0 Å². The van der Waals surface area contributed by atoms with E-state index in [0.717, 1.165) is 43.7 Å². The molecule has 0 bridgehead atoms. The maximum atomic E-state index is 13.6. The number of hydrogen-bond acceptors (Lipinski definition) is 2. The van der Waals surface area contributed by atoms with Crippen molar-refractivity contribution in [3.63, 3.8) is 0 Å². The first-order chi connectivity index (χ1) is 15.1. The number of benzene rings is 3. The minimum absolute atomic E-state index is 0.0979. The van der Waals surface area contributed by atoms with Gasteiger partial charge in [0.15, 0.2) is 0 Å². The number of para-hydroxylation sites is 1. The summed E-state index contributed by atoms with van der Waals surface area (Å²) >= 11 is 0. The van der Waals surface area contributed by atoms with Gasteiger partial charge in [0.1, 0.15) is 0 Å². The molecule has 1 fully saturated rings. The zero-order valence-corrected chi connectivity index (χ0v) is 18.6. The van der Waals surface area contributed by atoms with Gasteiger partial charge in [0.25, 0.3) is 5.91 Å². The molecule has 0 spiro atoms. The molecule has 31 heavy (non-hydrogen) atoms. The molecule has 3 aromatic rings. The first-order valence-electron chi connectivity index (χ1n) is 11.3. The highest BCUT2D eigenvalue weighted by atomic mass is 16.2. The molecule has 160 valence electrons. The van der Waals surface area contributed by atoms with Gasteiger partial charge in [0, 0.05) is 36.9 Å². The van der Waals surface area contributed by atoms with Crippen LogP contribution in [0.2, 0.25) is 0 Å². The average molecular weight is 413 g/mol. The Balaban J connectivity index is 1.49. The first-order valence-corrected chi connectivity index (χ1v) is 11.3. The van der Waals surface area contributed by atoms with Gasteiger partial charge in [-0.1, -0.05) is 73.2 Å². The summed E-state index contributed by atoms with van der Waals surface area (Å²) in [4.78, 5) is 18.2. The molecule has 3 nitrogen and oxygen atoms in total. The van der Waals surface area contributed by atoms with Crippen LogP contribution in [-0.4, -0.2) is 36.5 Å². The number of rotatable bonds is 6. The Labute approximate surface area is 186 Å². The molecule has 0 saturated carbocycles. The van der Waals surface area contributed by atoms with Gasteiger partial charge >= 0.3 is 0 Å². The van der Waals surface area contributed by atoms with Crippen LogP contribution in [0.4, 0.5) is 5.69 Å². The second-order valence-corrected chi connectivity index (χ2v) is 8.75. The predicted molar refractivity (Wildman–Crippen MR) is 129 cm³/mol. The van der Waals surface area contributed by atoms with Gasteiger partial charge in [-0.15, -0.1) is 0 Å². The van der Waals surface area contributed by atoms with E-state index >= 15 is 0 Å². The van der Waals surface area contributed by atoms with Crippen LogP contribution in [0.3, 0.4) is 0 Å². The topological polar surface area (TPSA) is 23.6 Å². The van der Waals surface area contributed by atoms with E-state index in [0.29, 0.717) is 5.92 Å². The van der Waals surface area contributed by atoms with Gasteiger partial charge in [-0.2, -0.15) is 0 Å². The number of carbonyl (C=O) groups excluding carboxylic acids is 1. The maximum Gasteiger partial charge on any atom is 0.258 e. The highest BCUT2D eigenvalue weighted by molar-refractivity contribution is 6.06. The van der Waals surface area contributed by atoms with E-state index < -0.39 is 0 Å². The van der Waals surface area contributed by atoms with Gasteiger partial charge in [-0.25, -0.2) is 0 Å². The summed E-state index contributed by atoms with van der Waals surface area (Å²) in [5.41, 5.74) is 4.30. The van der Waals surface area contributed by atoms with Gasteiger partial charge in [-0.05, 0) is 55.5 Å². The van der Waals surface area contributed by atoms with Crippen LogP contribution in [0.15, 0.2) is 84.9 Å². The van der Waals surface area contributed by atoms with Crippen molar-refractivity contribution in [2.24, 2.45) is 5.92 Å². The largest absolute Gasteiger partial charge is 0.305 e. The predicted octanol–water partition coefficient (Wildman–Crippen LogP) is 5.59. The molecular formula is C28H32N2O. The SMILES string of the molecule is Cc1ccc(C(=O)N(c2ccccc2)C2CCN(CCc3ccccc3)CC2C)cc1. The summed E-state index contributed by atoms with van der Waals surface area (Å²) in [5, 5.41) is 0. The number of carbonyl (C=O) groups is 1. The molecule has 1 saturated heterocycles. The van der Waals surface area contributed by atoms with Crippen molar-refractivity contribution in [3.8, 4) is 0 Å². The molecule has 1 aliphatic rings. The smallest absolute Gasteiger partial charge is 0.258 e. The van der Waals surface area contributed by atoms with Crippen LogP contribution in [0.5, 0.6) is 0 Å². The van der Waals surface area contributed by atoms with E-state index in [1.165, 1.54) is 11.1 Å². The third-order valence-electron chi connectivity index (χ3n) is 6.39. The average Bonchev–Trinajstić information content (AvgIpc) is 2.81.